The first-order valence-corrected chi connectivity index (χ1v) is 9.62. The van der Waals surface area contributed by atoms with Gasteiger partial charge in [0.2, 0.25) is 0 Å². The van der Waals surface area contributed by atoms with E-state index in [0.717, 1.165) is 16.9 Å². The van der Waals surface area contributed by atoms with Crippen molar-refractivity contribution in [1.29, 1.82) is 0 Å². The van der Waals surface area contributed by atoms with Gasteiger partial charge in [-0.25, -0.2) is 8.42 Å². The van der Waals surface area contributed by atoms with E-state index in [1.54, 1.807) is 24.4 Å². The standard InChI is InChI=1S/C15H19N3O4S2/c1-10(2)12-4-6-13(7-5-12)24(21,22)17-16-14(19)8-18-11(3)9-23-15(18)20/h4-7,9-10,17H,8H2,1-3H3,(H,16,19). The first-order chi connectivity index (χ1) is 11.2. The third kappa shape index (κ3) is 4.31. The van der Waals surface area contributed by atoms with E-state index in [1.807, 2.05) is 18.7 Å². The zero-order valence-electron chi connectivity index (χ0n) is 13.6. The van der Waals surface area contributed by atoms with Crippen LogP contribution in [0.4, 0.5) is 0 Å². The van der Waals surface area contributed by atoms with Crippen LogP contribution in [0.25, 0.3) is 0 Å². The average Bonchev–Trinajstić information content (AvgIpc) is 2.85. The van der Waals surface area contributed by atoms with Crippen molar-refractivity contribution in [2.45, 2.75) is 38.1 Å². The molecule has 7 nitrogen and oxygen atoms in total. The molecule has 2 aromatic rings. The highest BCUT2D eigenvalue weighted by atomic mass is 32.2. The number of hydrazine groups is 1. The number of carbonyl (C=O) groups is 1. The Kier molecular flexibility index (Phi) is 5.58. The molecule has 1 aromatic carbocycles. The fraction of sp³-hybridized carbons (Fsp3) is 0.333. The van der Waals surface area contributed by atoms with Crippen LogP contribution in [0.3, 0.4) is 0 Å². The highest BCUT2D eigenvalue weighted by Crippen LogP contribution is 2.16. The molecule has 1 amide bonds. The lowest BCUT2D eigenvalue weighted by atomic mass is 10.0. The Hall–Kier alpha value is -1.97. The van der Waals surface area contributed by atoms with Gasteiger partial charge in [0.1, 0.15) is 6.54 Å². The van der Waals surface area contributed by atoms with Crippen molar-refractivity contribution in [3.8, 4) is 0 Å². The smallest absolute Gasteiger partial charge is 0.294 e. The molecule has 2 N–H and O–H groups in total. The third-order valence-electron chi connectivity index (χ3n) is 3.46. The molecular weight excluding hydrogens is 350 g/mol. The molecule has 0 spiro atoms. The number of sulfonamides is 1. The van der Waals surface area contributed by atoms with Gasteiger partial charge in [-0.2, -0.15) is 0 Å². The highest BCUT2D eigenvalue weighted by Gasteiger charge is 2.16. The number of nitrogens with zero attached hydrogens (tertiary/aromatic N) is 1. The molecule has 9 heteroatoms. The van der Waals surface area contributed by atoms with Gasteiger partial charge in [-0.1, -0.05) is 37.3 Å². The fourth-order valence-electron chi connectivity index (χ4n) is 1.99. The maximum absolute atomic E-state index is 12.2. The summed E-state index contributed by atoms with van der Waals surface area (Å²) in [6.45, 7) is 5.47. The molecule has 1 aromatic heterocycles. The minimum Gasteiger partial charge on any atom is -0.294 e. The molecule has 1 heterocycles. The van der Waals surface area contributed by atoms with E-state index >= 15 is 0 Å². The summed E-state index contributed by atoms with van der Waals surface area (Å²) < 4.78 is 25.6. The van der Waals surface area contributed by atoms with E-state index in [2.05, 4.69) is 5.43 Å². The van der Waals surface area contributed by atoms with Gasteiger partial charge in [0.25, 0.3) is 15.9 Å². The molecule has 0 bridgehead atoms. The number of hydrogen-bond acceptors (Lipinski definition) is 5. The number of carbonyl (C=O) groups excluding carboxylic acids is 1. The summed E-state index contributed by atoms with van der Waals surface area (Å²) in [6, 6.07) is 6.43. The molecule has 0 saturated carbocycles. The highest BCUT2D eigenvalue weighted by molar-refractivity contribution is 7.89. The number of benzene rings is 1. The average molecular weight is 369 g/mol. The minimum atomic E-state index is -3.86. The Morgan fingerprint density at radius 3 is 2.38 bits per heavy atom. The van der Waals surface area contributed by atoms with Crippen LogP contribution in [0, 0.1) is 6.92 Å². The van der Waals surface area contributed by atoms with Crippen molar-refractivity contribution >= 4 is 27.3 Å². The van der Waals surface area contributed by atoms with Gasteiger partial charge in [0.15, 0.2) is 0 Å². The number of thiazole rings is 1. The second-order valence-electron chi connectivity index (χ2n) is 5.61. The Morgan fingerprint density at radius 1 is 1.25 bits per heavy atom. The molecule has 2 rings (SSSR count). The topological polar surface area (TPSA) is 97.3 Å². The maximum atomic E-state index is 12.2. The van der Waals surface area contributed by atoms with Gasteiger partial charge in [-0.15, -0.1) is 4.83 Å². The predicted molar refractivity (Wildman–Crippen MR) is 92.3 cm³/mol. The Labute approximate surface area is 144 Å². The van der Waals surface area contributed by atoms with Crippen LogP contribution in [0.15, 0.2) is 39.3 Å². The summed E-state index contributed by atoms with van der Waals surface area (Å²) in [5.74, 6) is -0.331. The van der Waals surface area contributed by atoms with Crippen LogP contribution in [0.1, 0.15) is 31.0 Å². The summed E-state index contributed by atoms with van der Waals surface area (Å²) >= 11 is 0.986. The van der Waals surface area contributed by atoms with E-state index in [1.165, 1.54) is 16.7 Å². The lowest BCUT2D eigenvalue weighted by molar-refractivity contribution is -0.122. The summed E-state index contributed by atoms with van der Waals surface area (Å²) in [5.41, 5.74) is 3.78. The zero-order chi connectivity index (χ0) is 17.9. The third-order valence-corrected chi connectivity index (χ3v) is 5.60. The SMILES string of the molecule is Cc1csc(=O)n1CC(=O)NNS(=O)(=O)c1ccc(C(C)C)cc1. The molecule has 130 valence electrons. The second kappa shape index (κ2) is 7.29. The van der Waals surface area contributed by atoms with Gasteiger partial charge in [0, 0.05) is 11.1 Å². The van der Waals surface area contributed by atoms with Gasteiger partial charge in [-0.05, 0) is 30.5 Å². The Balaban J connectivity index is 2.02. The van der Waals surface area contributed by atoms with E-state index in [9.17, 15) is 18.0 Å². The summed E-state index contributed by atoms with van der Waals surface area (Å²) in [4.78, 5) is 25.2. The van der Waals surface area contributed by atoms with Gasteiger partial charge >= 0.3 is 4.87 Å². The lowest BCUT2D eigenvalue weighted by Gasteiger charge is -2.10. The molecule has 0 aliphatic carbocycles. The number of hydrogen-bond donors (Lipinski definition) is 2. The second-order valence-corrected chi connectivity index (χ2v) is 8.11. The summed E-state index contributed by atoms with van der Waals surface area (Å²) in [7, 11) is -3.86. The predicted octanol–water partition coefficient (Wildman–Crippen LogP) is 1.35. The van der Waals surface area contributed by atoms with Crippen LogP contribution in [0.2, 0.25) is 0 Å². The molecule has 0 radical (unpaired) electrons. The fourth-order valence-corrected chi connectivity index (χ4v) is 3.59. The summed E-state index contributed by atoms with van der Waals surface area (Å²) in [6.07, 6.45) is 0. The van der Waals surface area contributed by atoms with E-state index in [4.69, 9.17) is 0 Å². The van der Waals surface area contributed by atoms with Crippen LogP contribution in [-0.4, -0.2) is 18.9 Å². The minimum absolute atomic E-state index is 0.0519. The molecular formula is C15H19N3O4S2. The zero-order valence-corrected chi connectivity index (χ0v) is 15.2. The monoisotopic (exact) mass is 369 g/mol. The van der Waals surface area contributed by atoms with Crippen molar-refractivity contribution in [3.63, 3.8) is 0 Å². The summed E-state index contributed by atoms with van der Waals surface area (Å²) in [5, 5.41) is 1.63. The van der Waals surface area contributed by atoms with Gasteiger partial charge < -0.3 is 0 Å². The number of amides is 1. The molecule has 0 unspecified atom stereocenters. The van der Waals surface area contributed by atoms with Crippen molar-refractivity contribution in [3.05, 3.63) is 50.6 Å². The van der Waals surface area contributed by atoms with Crippen LogP contribution < -0.4 is 15.1 Å². The van der Waals surface area contributed by atoms with E-state index in [0.29, 0.717) is 11.6 Å². The number of rotatable bonds is 6. The largest absolute Gasteiger partial charge is 0.307 e. The normalized spacial score (nSPS) is 11.7. The first kappa shape index (κ1) is 18.4. The number of nitrogens with one attached hydrogen (secondary N) is 2. The molecule has 0 atom stereocenters. The lowest BCUT2D eigenvalue weighted by Crippen LogP contribution is -2.43. The molecule has 0 saturated heterocycles. The van der Waals surface area contributed by atoms with Crippen LogP contribution >= 0.6 is 11.3 Å². The molecule has 0 fully saturated rings. The van der Waals surface area contributed by atoms with Crippen LogP contribution in [-0.2, 0) is 21.4 Å². The van der Waals surface area contributed by atoms with Crippen molar-refractivity contribution in [2.75, 3.05) is 0 Å². The van der Waals surface area contributed by atoms with Gasteiger partial charge in [-0.3, -0.25) is 19.6 Å². The first-order valence-electron chi connectivity index (χ1n) is 7.26. The molecule has 0 aliphatic heterocycles. The van der Waals surface area contributed by atoms with Crippen molar-refractivity contribution in [2.24, 2.45) is 0 Å². The maximum Gasteiger partial charge on any atom is 0.307 e. The number of aryl methyl sites for hydroxylation is 1. The van der Waals surface area contributed by atoms with Crippen molar-refractivity contribution in [1.82, 2.24) is 14.8 Å². The van der Waals surface area contributed by atoms with E-state index in [-0.39, 0.29) is 16.3 Å². The Bertz CT molecular complexity index is 880. The Morgan fingerprint density at radius 2 is 1.88 bits per heavy atom. The molecule has 0 aliphatic rings. The van der Waals surface area contributed by atoms with Gasteiger partial charge in [0.05, 0.1) is 4.90 Å². The van der Waals surface area contributed by atoms with Crippen molar-refractivity contribution < 1.29 is 13.2 Å². The molecule has 24 heavy (non-hydrogen) atoms. The number of aromatic nitrogens is 1. The van der Waals surface area contributed by atoms with Crippen LogP contribution in [0.5, 0.6) is 0 Å². The van der Waals surface area contributed by atoms with E-state index < -0.39 is 15.9 Å². The quantitative estimate of drug-likeness (QED) is 0.751.